The lowest BCUT2D eigenvalue weighted by Crippen LogP contribution is -2.48. The van der Waals surface area contributed by atoms with Crippen LogP contribution in [0.25, 0.3) is 0 Å². The van der Waals surface area contributed by atoms with E-state index >= 15 is 0 Å². The van der Waals surface area contributed by atoms with Crippen molar-refractivity contribution in [1.82, 2.24) is 0 Å². The first kappa shape index (κ1) is 15.6. The molecule has 0 spiro atoms. The molecule has 1 aliphatic rings. The molecule has 0 aliphatic carbocycles. The molecule has 1 atom stereocenters. The maximum atomic E-state index is 12.1. The number of hydrogen-bond donors (Lipinski definition) is 1. The highest BCUT2D eigenvalue weighted by atomic mass is 16.6. The molecule has 1 fully saturated rings. The van der Waals surface area contributed by atoms with Gasteiger partial charge in [0.1, 0.15) is 5.60 Å². The summed E-state index contributed by atoms with van der Waals surface area (Å²) >= 11 is 0. The lowest BCUT2D eigenvalue weighted by atomic mass is 9.89. The number of hydrogen-bond acceptors (Lipinski definition) is 6. The topological polar surface area (TPSA) is 116 Å². The molecule has 1 N–H and O–H groups in total. The summed E-state index contributed by atoms with van der Waals surface area (Å²) in [4.78, 5) is 45.9. The number of amides is 1. The molecule has 2 rings (SSSR count). The zero-order chi connectivity index (χ0) is 16.5. The minimum Gasteiger partial charge on any atom is -0.458 e. The largest absolute Gasteiger partial charge is 0.458 e. The number of nitro benzene ring substituents is 1. The van der Waals surface area contributed by atoms with Gasteiger partial charge in [-0.1, -0.05) is 6.07 Å². The number of carbonyl (C=O) groups excluding carboxylic acids is 3. The van der Waals surface area contributed by atoms with Crippen LogP contribution in [0.2, 0.25) is 0 Å². The number of nitrogens with zero attached hydrogens (tertiary/aromatic N) is 1. The molecule has 0 aromatic heterocycles. The van der Waals surface area contributed by atoms with E-state index in [-0.39, 0.29) is 17.8 Å². The van der Waals surface area contributed by atoms with Crippen LogP contribution >= 0.6 is 0 Å². The average molecular weight is 306 g/mol. The number of Topliss-reactive ketones (excluding diaryl/α,β-unsaturated/α-hetero) is 1. The number of cyclic esters (lactones) is 1. The number of anilines is 1. The van der Waals surface area contributed by atoms with Crippen LogP contribution in [0.5, 0.6) is 0 Å². The number of benzene rings is 1. The van der Waals surface area contributed by atoms with Crippen LogP contribution in [0.4, 0.5) is 11.4 Å². The van der Waals surface area contributed by atoms with Gasteiger partial charge in [-0.25, -0.2) is 0 Å². The van der Waals surface area contributed by atoms with E-state index in [1.807, 2.05) is 0 Å². The van der Waals surface area contributed by atoms with Crippen molar-refractivity contribution in [3.05, 3.63) is 34.4 Å². The van der Waals surface area contributed by atoms with Crippen molar-refractivity contribution in [3.8, 4) is 0 Å². The van der Waals surface area contributed by atoms with Gasteiger partial charge in [0, 0.05) is 24.2 Å². The Labute approximate surface area is 125 Å². The normalized spacial score (nSPS) is 20.2. The molecule has 0 bridgehead atoms. The Morgan fingerprint density at radius 1 is 1.41 bits per heavy atom. The molecular weight excluding hydrogens is 292 g/mol. The van der Waals surface area contributed by atoms with E-state index in [0.29, 0.717) is 0 Å². The third-order valence-corrected chi connectivity index (χ3v) is 3.12. The summed E-state index contributed by atoms with van der Waals surface area (Å²) in [6.07, 6.45) is -0.0637. The van der Waals surface area contributed by atoms with Crippen LogP contribution in [-0.2, 0) is 19.1 Å². The molecule has 1 heterocycles. The van der Waals surface area contributed by atoms with Crippen molar-refractivity contribution < 1.29 is 24.0 Å². The molecule has 116 valence electrons. The Morgan fingerprint density at radius 3 is 2.68 bits per heavy atom. The van der Waals surface area contributed by atoms with E-state index in [9.17, 15) is 24.5 Å². The van der Waals surface area contributed by atoms with Crippen LogP contribution in [-0.4, -0.2) is 28.2 Å². The number of rotatable bonds is 3. The maximum Gasteiger partial charge on any atom is 0.326 e. The van der Waals surface area contributed by atoms with E-state index < -0.39 is 34.1 Å². The van der Waals surface area contributed by atoms with E-state index in [0.717, 1.165) is 6.07 Å². The van der Waals surface area contributed by atoms with Gasteiger partial charge in [0.05, 0.1) is 4.92 Å². The Balaban J connectivity index is 2.15. The number of esters is 1. The molecule has 1 aliphatic heterocycles. The SMILES string of the molecule is CC1(C)CC(=O)C(C(=O)Nc2cccc([N+](=O)[O-])c2)C(=O)O1. The Bertz CT molecular complexity index is 647. The lowest BCUT2D eigenvalue weighted by Gasteiger charge is -2.32. The van der Waals surface area contributed by atoms with Crippen LogP contribution in [0.1, 0.15) is 20.3 Å². The van der Waals surface area contributed by atoms with E-state index in [1.165, 1.54) is 18.2 Å². The van der Waals surface area contributed by atoms with Crippen LogP contribution in [0.15, 0.2) is 24.3 Å². The molecule has 0 saturated carbocycles. The van der Waals surface area contributed by atoms with Gasteiger partial charge in [-0.2, -0.15) is 0 Å². The molecule has 1 amide bonds. The summed E-state index contributed by atoms with van der Waals surface area (Å²) in [5.41, 5.74) is -1.02. The molecule has 1 aromatic carbocycles. The first-order valence-corrected chi connectivity index (χ1v) is 6.50. The second-order valence-corrected chi connectivity index (χ2v) is 5.55. The number of ketones is 1. The van der Waals surface area contributed by atoms with Crippen molar-refractivity contribution in [2.45, 2.75) is 25.9 Å². The number of nitrogens with one attached hydrogen (secondary N) is 1. The fourth-order valence-corrected chi connectivity index (χ4v) is 2.19. The lowest BCUT2D eigenvalue weighted by molar-refractivity contribution is -0.384. The Kier molecular flexibility index (Phi) is 3.94. The van der Waals surface area contributed by atoms with Crippen LogP contribution in [0, 0.1) is 16.0 Å². The van der Waals surface area contributed by atoms with Gasteiger partial charge in [0.15, 0.2) is 11.7 Å². The fourth-order valence-electron chi connectivity index (χ4n) is 2.19. The maximum absolute atomic E-state index is 12.1. The molecule has 22 heavy (non-hydrogen) atoms. The highest BCUT2D eigenvalue weighted by molar-refractivity contribution is 6.21. The predicted molar refractivity (Wildman–Crippen MR) is 75.0 cm³/mol. The summed E-state index contributed by atoms with van der Waals surface area (Å²) in [5, 5.41) is 13.0. The molecule has 0 radical (unpaired) electrons. The van der Waals surface area contributed by atoms with Gasteiger partial charge in [-0.3, -0.25) is 24.5 Å². The summed E-state index contributed by atoms with van der Waals surface area (Å²) < 4.78 is 5.05. The summed E-state index contributed by atoms with van der Waals surface area (Å²) in [6, 6.07) is 5.21. The first-order chi connectivity index (χ1) is 10.2. The van der Waals surface area contributed by atoms with Crippen LogP contribution < -0.4 is 5.32 Å². The Morgan fingerprint density at radius 2 is 2.09 bits per heavy atom. The highest BCUT2D eigenvalue weighted by Crippen LogP contribution is 2.27. The van der Waals surface area contributed by atoms with E-state index in [1.54, 1.807) is 13.8 Å². The van der Waals surface area contributed by atoms with Gasteiger partial charge in [-0.15, -0.1) is 0 Å². The molecule has 1 aromatic rings. The summed E-state index contributed by atoms with van der Waals surface area (Å²) in [5.74, 6) is -3.85. The van der Waals surface area contributed by atoms with E-state index in [4.69, 9.17) is 4.74 Å². The Hall–Kier alpha value is -2.77. The van der Waals surface area contributed by atoms with Crippen molar-refractivity contribution >= 4 is 29.0 Å². The second-order valence-electron chi connectivity index (χ2n) is 5.55. The molecule has 8 nitrogen and oxygen atoms in total. The van der Waals surface area contributed by atoms with Crippen molar-refractivity contribution in [1.29, 1.82) is 0 Å². The standard InChI is InChI=1S/C14H14N2O6/c1-14(2)7-10(17)11(13(19)22-14)12(18)15-8-4-3-5-9(6-8)16(20)21/h3-6,11H,7H2,1-2H3,(H,15,18). The summed E-state index contributed by atoms with van der Waals surface area (Å²) in [6.45, 7) is 3.16. The van der Waals surface area contributed by atoms with Gasteiger partial charge >= 0.3 is 5.97 Å². The first-order valence-electron chi connectivity index (χ1n) is 6.50. The monoisotopic (exact) mass is 306 g/mol. The van der Waals surface area contributed by atoms with Gasteiger partial charge < -0.3 is 10.1 Å². The van der Waals surface area contributed by atoms with Gasteiger partial charge in [-0.05, 0) is 19.9 Å². The molecule has 1 saturated heterocycles. The van der Waals surface area contributed by atoms with Gasteiger partial charge in [0.2, 0.25) is 5.91 Å². The zero-order valence-corrected chi connectivity index (χ0v) is 12.0. The van der Waals surface area contributed by atoms with Gasteiger partial charge in [0.25, 0.3) is 5.69 Å². The number of non-ortho nitro benzene ring substituents is 1. The predicted octanol–water partition coefficient (Wildman–Crippen LogP) is 1.44. The second kappa shape index (κ2) is 5.55. The number of ether oxygens (including phenoxy) is 1. The van der Waals surface area contributed by atoms with Crippen LogP contribution in [0.3, 0.4) is 0 Å². The van der Waals surface area contributed by atoms with Crippen molar-refractivity contribution in [3.63, 3.8) is 0 Å². The average Bonchev–Trinajstić information content (AvgIpc) is 2.36. The third kappa shape index (κ3) is 3.27. The minimum absolute atomic E-state index is 0.0637. The van der Waals surface area contributed by atoms with E-state index in [2.05, 4.69) is 5.32 Å². The van der Waals surface area contributed by atoms with Crippen molar-refractivity contribution in [2.24, 2.45) is 5.92 Å². The number of carbonyl (C=O) groups is 3. The summed E-state index contributed by atoms with van der Waals surface area (Å²) in [7, 11) is 0. The fraction of sp³-hybridized carbons (Fsp3) is 0.357. The smallest absolute Gasteiger partial charge is 0.326 e. The number of nitro groups is 1. The quantitative estimate of drug-likeness (QED) is 0.391. The highest BCUT2D eigenvalue weighted by Gasteiger charge is 2.45. The zero-order valence-electron chi connectivity index (χ0n) is 12.0. The third-order valence-electron chi connectivity index (χ3n) is 3.12. The van der Waals surface area contributed by atoms with Crippen molar-refractivity contribution in [2.75, 3.05) is 5.32 Å². The minimum atomic E-state index is -1.55. The molecule has 8 heteroatoms. The molecular formula is C14H14N2O6. The molecule has 1 unspecified atom stereocenters.